The van der Waals surface area contributed by atoms with Crippen LogP contribution in [0.15, 0.2) is 18.2 Å². The minimum absolute atomic E-state index is 0.318. The third-order valence-corrected chi connectivity index (χ3v) is 3.47. The van der Waals surface area contributed by atoms with E-state index in [1.54, 1.807) is 19.2 Å². The van der Waals surface area contributed by atoms with E-state index in [1.165, 1.54) is 6.07 Å². The van der Waals surface area contributed by atoms with Crippen molar-refractivity contribution < 1.29 is 23.0 Å². The first-order valence-corrected chi connectivity index (χ1v) is 7.12. The molecule has 0 radical (unpaired) electrons. The van der Waals surface area contributed by atoms with Crippen LogP contribution in [0, 0.1) is 0 Å². The van der Waals surface area contributed by atoms with Gasteiger partial charge in [0, 0.05) is 19.2 Å². The van der Waals surface area contributed by atoms with Crippen molar-refractivity contribution in [3.05, 3.63) is 23.2 Å². The number of nitrogens with one attached hydrogen (secondary N) is 2. The summed E-state index contributed by atoms with van der Waals surface area (Å²) in [5.74, 6) is -2.90. The van der Waals surface area contributed by atoms with E-state index in [9.17, 15) is 13.6 Å². The summed E-state index contributed by atoms with van der Waals surface area (Å²) in [5.41, 5.74) is 0.422. The van der Waals surface area contributed by atoms with Crippen LogP contribution in [-0.2, 0) is 9.53 Å². The van der Waals surface area contributed by atoms with Crippen LogP contribution in [0.3, 0.4) is 0 Å². The Morgan fingerprint density at radius 2 is 2.27 bits per heavy atom. The normalized spacial score (nSPS) is 19.9. The lowest BCUT2D eigenvalue weighted by Crippen LogP contribution is -2.35. The molecule has 0 bridgehead atoms. The smallest absolute Gasteiger partial charge is 0.262 e. The molecule has 0 aliphatic carbocycles. The molecule has 5 nitrogen and oxygen atoms in total. The zero-order valence-electron chi connectivity index (χ0n) is 12.0. The SMILES string of the molecule is COCCOc1ccc(NC(=O)C2CC(F)(F)CN2)cc1Cl. The Morgan fingerprint density at radius 3 is 2.86 bits per heavy atom. The zero-order chi connectivity index (χ0) is 16.2. The van der Waals surface area contributed by atoms with Crippen molar-refractivity contribution in [2.45, 2.75) is 18.4 Å². The van der Waals surface area contributed by atoms with Gasteiger partial charge in [0.1, 0.15) is 12.4 Å². The van der Waals surface area contributed by atoms with Crippen molar-refractivity contribution in [2.75, 3.05) is 32.2 Å². The summed E-state index contributed by atoms with van der Waals surface area (Å²) < 4.78 is 36.4. The monoisotopic (exact) mass is 334 g/mol. The van der Waals surface area contributed by atoms with E-state index < -0.39 is 30.8 Å². The minimum atomic E-state index is -2.85. The lowest BCUT2D eigenvalue weighted by molar-refractivity contribution is -0.118. The van der Waals surface area contributed by atoms with E-state index in [0.717, 1.165) is 0 Å². The van der Waals surface area contributed by atoms with E-state index in [-0.39, 0.29) is 0 Å². The second kappa shape index (κ2) is 7.21. The molecule has 1 atom stereocenters. The number of halogens is 3. The molecule has 0 spiro atoms. The van der Waals surface area contributed by atoms with E-state index >= 15 is 0 Å². The largest absolute Gasteiger partial charge is 0.490 e. The van der Waals surface area contributed by atoms with Crippen LogP contribution < -0.4 is 15.4 Å². The summed E-state index contributed by atoms with van der Waals surface area (Å²) in [6, 6.07) is 3.80. The number of carbonyl (C=O) groups excluding carboxylic acids is 1. The van der Waals surface area contributed by atoms with Gasteiger partial charge in [-0.2, -0.15) is 0 Å². The summed E-state index contributed by atoms with van der Waals surface area (Å²) in [7, 11) is 1.56. The highest BCUT2D eigenvalue weighted by molar-refractivity contribution is 6.32. The molecule has 8 heteroatoms. The quantitative estimate of drug-likeness (QED) is 0.784. The van der Waals surface area contributed by atoms with Crippen molar-refractivity contribution in [3.8, 4) is 5.75 Å². The van der Waals surface area contributed by atoms with E-state index in [4.69, 9.17) is 21.1 Å². The Morgan fingerprint density at radius 1 is 1.50 bits per heavy atom. The first kappa shape index (κ1) is 16.9. The summed E-state index contributed by atoms with van der Waals surface area (Å²) in [6.45, 7) is 0.289. The van der Waals surface area contributed by atoms with Crippen LogP contribution in [0.4, 0.5) is 14.5 Å². The van der Waals surface area contributed by atoms with Gasteiger partial charge in [-0.25, -0.2) is 8.78 Å². The van der Waals surface area contributed by atoms with Crippen LogP contribution in [0.2, 0.25) is 5.02 Å². The Kier molecular flexibility index (Phi) is 5.55. The molecule has 1 amide bonds. The fourth-order valence-corrected chi connectivity index (χ4v) is 2.30. The van der Waals surface area contributed by atoms with Gasteiger partial charge in [0.15, 0.2) is 0 Å². The van der Waals surface area contributed by atoms with Gasteiger partial charge in [0.05, 0.1) is 24.2 Å². The molecule has 2 N–H and O–H groups in total. The number of alkyl halides is 2. The van der Waals surface area contributed by atoms with Crippen molar-refractivity contribution in [1.82, 2.24) is 5.32 Å². The Bertz CT molecular complexity index is 543. The lowest BCUT2D eigenvalue weighted by Gasteiger charge is -2.13. The molecule has 0 aromatic heterocycles. The number of benzene rings is 1. The standard InChI is InChI=1S/C14H17ClF2N2O3/c1-21-4-5-22-12-3-2-9(6-10(12)15)19-13(20)11-7-14(16,17)8-18-11/h2-3,6,11,18H,4-5,7-8H2,1H3,(H,19,20). The van der Waals surface area contributed by atoms with E-state index in [1.807, 2.05) is 0 Å². The molecule has 1 aliphatic heterocycles. The summed E-state index contributed by atoms with van der Waals surface area (Å²) in [4.78, 5) is 11.9. The van der Waals surface area contributed by atoms with Gasteiger partial charge in [0.25, 0.3) is 5.92 Å². The van der Waals surface area contributed by atoms with Crippen LogP contribution >= 0.6 is 11.6 Å². The highest BCUT2D eigenvalue weighted by Gasteiger charge is 2.42. The average molecular weight is 335 g/mol. The zero-order valence-corrected chi connectivity index (χ0v) is 12.8. The van der Waals surface area contributed by atoms with Crippen molar-refractivity contribution in [3.63, 3.8) is 0 Å². The maximum atomic E-state index is 13.1. The molecule has 22 heavy (non-hydrogen) atoms. The predicted molar refractivity (Wildman–Crippen MR) is 78.8 cm³/mol. The third-order valence-electron chi connectivity index (χ3n) is 3.17. The molecular weight excluding hydrogens is 318 g/mol. The van der Waals surface area contributed by atoms with Gasteiger partial charge >= 0.3 is 0 Å². The fourth-order valence-electron chi connectivity index (χ4n) is 2.06. The number of hydrogen-bond donors (Lipinski definition) is 2. The molecule has 1 aromatic rings. The van der Waals surface area contributed by atoms with Crippen LogP contribution in [0.25, 0.3) is 0 Å². The topological polar surface area (TPSA) is 59.6 Å². The van der Waals surface area contributed by atoms with Crippen molar-refractivity contribution in [1.29, 1.82) is 0 Å². The second-order valence-corrected chi connectivity index (χ2v) is 5.38. The molecule has 122 valence electrons. The number of amides is 1. The van der Waals surface area contributed by atoms with Gasteiger partial charge in [0.2, 0.25) is 5.91 Å². The molecular formula is C14H17ClF2N2O3. The Labute approximate surface area is 131 Å². The number of hydrogen-bond acceptors (Lipinski definition) is 4. The Hall–Kier alpha value is -1.44. The molecule has 1 unspecified atom stereocenters. The van der Waals surface area contributed by atoms with Gasteiger partial charge in [-0.05, 0) is 18.2 Å². The summed E-state index contributed by atoms with van der Waals surface area (Å²) in [6.07, 6.45) is -0.509. The summed E-state index contributed by atoms with van der Waals surface area (Å²) in [5, 5.41) is 5.37. The van der Waals surface area contributed by atoms with Crippen LogP contribution in [0.5, 0.6) is 5.75 Å². The van der Waals surface area contributed by atoms with Gasteiger partial charge in [-0.1, -0.05) is 11.6 Å². The average Bonchev–Trinajstić information content (AvgIpc) is 2.82. The van der Waals surface area contributed by atoms with Crippen LogP contribution in [-0.4, -0.2) is 44.7 Å². The summed E-state index contributed by atoms with van der Waals surface area (Å²) >= 11 is 6.04. The van der Waals surface area contributed by atoms with Crippen molar-refractivity contribution in [2.24, 2.45) is 0 Å². The van der Waals surface area contributed by atoms with E-state index in [2.05, 4.69) is 10.6 Å². The molecule has 1 aliphatic rings. The van der Waals surface area contributed by atoms with Gasteiger partial charge < -0.3 is 14.8 Å². The van der Waals surface area contributed by atoms with Gasteiger partial charge in [-0.3, -0.25) is 10.1 Å². The second-order valence-electron chi connectivity index (χ2n) is 4.97. The maximum absolute atomic E-state index is 13.1. The molecule has 2 rings (SSSR count). The number of carbonyl (C=O) groups is 1. The molecule has 0 saturated carbocycles. The molecule has 1 heterocycles. The predicted octanol–water partition coefficient (Wildman–Crippen LogP) is 2.30. The molecule has 1 fully saturated rings. The van der Waals surface area contributed by atoms with Gasteiger partial charge in [-0.15, -0.1) is 0 Å². The Balaban J connectivity index is 1.93. The molecule has 1 aromatic carbocycles. The highest BCUT2D eigenvalue weighted by Crippen LogP contribution is 2.29. The third kappa shape index (κ3) is 4.53. The maximum Gasteiger partial charge on any atom is 0.262 e. The van der Waals surface area contributed by atoms with E-state index in [0.29, 0.717) is 29.7 Å². The minimum Gasteiger partial charge on any atom is -0.490 e. The fraction of sp³-hybridized carbons (Fsp3) is 0.500. The molecule has 1 saturated heterocycles. The number of rotatable bonds is 6. The first-order chi connectivity index (χ1) is 10.4. The highest BCUT2D eigenvalue weighted by atomic mass is 35.5. The van der Waals surface area contributed by atoms with Crippen LogP contribution in [0.1, 0.15) is 6.42 Å². The lowest BCUT2D eigenvalue weighted by atomic mass is 10.2. The number of anilines is 1. The van der Waals surface area contributed by atoms with Crippen molar-refractivity contribution >= 4 is 23.2 Å². The first-order valence-electron chi connectivity index (χ1n) is 6.75. The number of methoxy groups -OCH3 is 1. The number of ether oxygens (including phenoxy) is 2.